The molecule has 0 aliphatic rings. The molecule has 0 aromatic carbocycles. The number of likely N-dealkylation sites (N-methyl/N-ethyl adjacent to an activating group) is 1. The Labute approximate surface area is 311 Å². The number of esters is 2. The molecule has 51 heavy (non-hydrogen) atoms. The van der Waals surface area contributed by atoms with Gasteiger partial charge in [0.2, 0.25) is 0 Å². The van der Waals surface area contributed by atoms with Crippen molar-refractivity contribution >= 4 is 19.8 Å². The molecule has 0 fully saturated rings. The van der Waals surface area contributed by atoms with Crippen LogP contribution in [0.4, 0.5) is 0 Å². The highest BCUT2D eigenvalue weighted by molar-refractivity contribution is 7.47. The molecule has 0 radical (unpaired) electrons. The Morgan fingerprint density at radius 3 is 1.65 bits per heavy atom. The van der Waals surface area contributed by atoms with Crippen molar-refractivity contribution in [3.63, 3.8) is 0 Å². The summed E-state index contributed by atoms with van der Waals surface area (Å²) in [5, 5.41) is 0. The van der Waals surface area contributed by atoms with Gasteiger partial charge in [0.1, 0.15) is 19.8 Å². The Morgan fingerprint density at radius 2 is 1.12 bits per heavy atom. The van der Waals surface area contributed by atoms with E-state index in [2.05, 4.69) is 74.6 Å². The standard InChI is InChI=1S/C41H72NO8P/c1-6-8-10-12-14-16-18-19-20-21-22-23-24-26-27-29-31-33-40(43)47-37-39(38-49-51(45,46)48-36-35-42(3,4)5)50-41(44)34-32-30-28-25-17-15-13-11-9-7-2/h8,10,14,16,19-20,22-23,26-27,39H,6-7,9,11-13,15,17-18,21,24-25,28-38H2,1-5H3/p+1/b10-8+,16-14+,20-19+,23-22+,27-26+/t39-/m0/s1. The second-order valence-corrected chi connectivity index (χ2v) is 15.4. The van der Waals surface area contributed by atoms with Crippen LogP contribution >= 0.6 is 7.82 Å². The van der Waals surface area contributed by atoms with Gasteiger partial charge < -0.3 is 18.9 Å². The van der Waals surface area contributed by atoms with E-state index in [0.717, 1.165) is 57.8 Å². The minimum Gasteiger partial charge on any atom is -0.462 e. The van der Waals surface area contributed by atoms with Crippen LogP contribution in [0.1, 0.15) is 136 Å². The summed E-state index contributed by atoms with van der Waals surface area (Å²) in [5.74, 6) is -0.874. The normalized spacial score (nSPS) is 14.4. The van der Waals surface area contributed by atoms with Gasteiger partial charge >= 0.3 is 19.8 Å². The van der Waals surface area contributed by atoms with E-state index in [1.54, 1.807) is 0 Å². The van der Waals surface area contributed by atoms with Crippen LogP contribution in [0.3, 0.4) is 0 Å². The minimum atomic E-state index is -4.38. The number of rotatable bonds is 34. The molecule has 1 unspecified atom stereocenters. The van der Waals surface area contributed by atoms with Gasteiger partial charge in [0.15, 0.2) is 6.10 Å². The first-order valence-corrected chi connectivity index (χ1v) is 21.0. The van der Waals surface area contributed by atoms with Crippen LogP contribution in [0.2, 0.25) is 0 Å². The Bertz CT molecular complexity index is 1060. The third-order valence-corrected chi connectivity index (χ3v) is 8.80. The Morgan fingerprint density at radius 1 is 0.627 bits per heavy atom. The molecule has 0 saturated carbocycles. The lowest BCUT2D eigenvalue weighted by Gasteiger charge is -2.24. The summed E-state index contributed by atoms with van der Waals surface area (Å²) in [4.78, 5) is 35.1. The number of phosphoric acid groups is 1. The van der Waals surface area contributed by atoms with E-state index in [1.165, 1.54) is 38.5 Å². The van der Waals surface area contributed by atoms with Gasteiger partial charge in [-0.1, -0.05) is 132 Å². The molecule has 0 aliphatic heterocycles. The first-order chi connectivity index (χ1) is 24.5. The van der Waals surface area contributed by atoms with E-state index >= 15 is 0 Å². The van der Waals surface area contributed by atoms with Crippen LogP contribution in [-0.2, 0) is 32.7 Å². The molecule has 0 rings (SSSR count). The predicted octanol–water partition coefficient (Wildman–Crippen LogP) is 10.5. The number of carbonyl (C=O) groups is 2. The van der Waals surface area contributed by atoms with Crippen molar-refractivity contribution in [2.75, 3.05) is 47.5 Å². The fraction of sp³-hybridized carbons (Fsp3) is 0.707. The van der Waals surface area contributed by atoms with Gasteiger partial charge in [0.25, 0.3) is 0 Å². The number of ether oxygens (including phenoxy) is 2. The lowest BCUT2D eigenvalue weighted by Crippen LogP contribution is -2.37. The van der Waals surface area contributed by atoms with Crippen LogP contribution in [0.5, 0.6) is 0 Å². The lowest BCUT2D eigenvalue weighted by molar-refractivity contribution is -0.870. The van der Waals surface area contributed by atoms with Crippen molar-refractivity contribution in [2.24, 2.45) is 0 Å². The summed E-state index contributed by atoms with van der Waals surface area (Å²) in [7, 11) is 1.44. The fourth-order valence-corrected chi connectivity index (χ4v) is 5.49. The highest BCUT2D eigenvalue weighted by Crippen LogP contribution is 2.43. The second-order valence-electron chi connectivity index (χ2n) is 13.9. The van der Waals surface area contributed by atoms with Crippen molar-refractivity contribution in [3.8, 4) is 0 Å². The zero-order valence-corrected chi connectivity index (χ0v) is 33.7. The van der Waals surface area contributed by atoms with Crippen molar-refractivity contribution < 1.29 is 42.1 Å². The molecule has 9 nitrogen and oxygen atoms in total. The molecule has 294 valence electrons. The average Bonchev–Trinajstić information content (AvgIpc) is 3.07. The van der Waals surface area contributed by atoms with Crippen LogP contribution < -0.4 is 0 Å². The molecule has 10 heteroatoms. The van der Waals surface area contributed by atoms with Crippen molar-refractivity contribution in [3.05, 3.63) is 60.8 Å². The molecule has 0 spiro atoms. The molecule has 0 amide bonds. The summed E-state index contributed by atoms with van der Waals surface area (Å²) in [5.41, 5.74) is 0. The molecule has 1 N–H and O–H groups in total. The van der Waals surface area contributed by atoms with Gasteiger partial charge in [0, 0.05) is 12.8 Å². The van der Waals surface area contributed by atoms with Gasteiger partial charge in [-0.2, -0.15) is 0 Å². The monoisotopic (exact) mass is 739 g/mol. The summed E-state index contributed by atoms with van der Waals surface area (Å²) in [6.07, 6.45) is 38.5. The summed E-state index contributed by atoms with van der Waals surface area (Å²) in [6, 6.07) is 0. The maximum absolute atomic E-state index is 12.6. The van der Waals surface area contributed by atoms with Crippen LogP contribution in [0.25, 0.3) is 0 Å². The summed E-state index contributed by atoms with van der Waals surface area (Å²) in [6.45, 7) is 4.20. The van der Waals surface area contributed by atoms with Crippen LogP contribution in [-0.4, -0.2) is 74.9 Å². The van der Waals surface area contributed by atoms with E-state index in [4.69, 9.17) is 18.5 Å². The molecule has 0 aromatic rings. The number of allylic oxidation sites excluding steroid dienone is 10. The van der Waals surface area contributed by atoms with Gasteiger partial charge in [-0.3, -0.25) is 18.6 Å². The third kappa shape index (κ3) is 37.3. The fourth-order valence-electron chi connectivity index (χ4n) is 4.75. The lowest BCUT2D eigenvalue weighted by atomic mass is 10.1. The molecule has 0 aliphatic carbocycles. The number of hydrogen-bond donors (Lipinski definition) is 1. The first kappa shape index (κ1) is 48.7. The smallest absolute Gasteiger partial charge is 0.462 e. The third-order valence-electron chi connectivity index (χ3n) is 7.81. The van der Waals surface area contributed by atoms with Gasteiger partial charge in [-0.05, 0) is 51.4 Å². The first-order valence-electron chi connectivity index (χ1n) is 19.5. The number of unbranched alkanes of at least 4 members (excludes halogenated alkanes) is 10. The van der Waals surface area contributed by atoms with E-state index in [9.17, 15) is 19.0 Å². The Balaban J connectivity index is 4.51. The van der Waals surface area contributed by atoms with Gasteiger partial charge in [0.05, 0.1) is 27.7 Å². The number of phosphoric ester groups is 1. The number of carbonyl (C=O) groups excluding carboxylic acids is 2. The molecule has 0 heterocycles. The number of quaternary nitrogens is 1. The summed E-state index contributed by atoms with van der Waals surface area (Å²) < 4.78 is 34.1. The SMILES string of the molecule is CC/C=C/C/C=C/C/C=C/C/C=C/C/C=C/CCCC(=O)OC[C@@H](COP(=O)(O)OCC[N+](C)(C)C)OC(=O)CCCCCCCCCCCC. The second kappa shape index (κ2) is 33.5. The highest BCUT2D eigenvalue weighted by Gasteiger charge is 2.27. The molecule has 2 atom stereocenters. The van der Waals surface area contributed by atoms with Crippen molar-refractivity contribution in [1.82, 2.24) is 0 Å². The van der Waals surface area contributed by atoms with E-state index in [0.29, 0.717) is 23.9 Å². The Kier molecular flexibility index (Phi) is 32.0. The summed E-state index contributed by atoms with van der Waals surface area (Å²) >= 11 is 0. The minimum absolute atomic E-state index is 0.0212. The zero-order chi connectivity index (χ0) is 37.9. The maximum Gasteiger partial charge on any atom is 0.472 e. The number of hydrogen-bond acceptors (Lipinski definition) is 7. The number of nitrogens with zero attached hydrogens (tertiary/aromatic N) is 1. The van der Waals surface area contributed by atoms with Gasteiger partial charge in [-0.25, -0.2) is 4.57 Å². The largest absolute Gasteiger partial charge is 0.472 e. The quantitative estimate of drug-likeness (QED) is 0.0229. The van der Waals surface area contributed by atoms with Crippen LogP contribution in [0, 0.1) is 0 Å². The molecular weight excluding hydrogens is 665 g/mol. The molecule has 0 aromatic heterocycles. The van der Waals surface area contributed by atoms with E-state index < -0.39 is 32.5 Å². The highest BCUT2D eigenvalue weighted by atomic mass is 31.2. The van der Waals surface area contributed by atoms with Crippen LogP contribution in [0.15, 0.2) is 60.8 Å². The topological polar surface area (TPSA) is 108 Å². The zero-order valence-electron chi connectivity index (χ0n) is 32.8. The van der Waals surface area contributed by atoms with Crippen molar-refractivity contribution in [1.29, 1.82) is 0 Å². The maximum atomic E-state index is 12.6. The predicted molar refractivity (Wildman–Crippen MR) is 210 cm³/mol. The van der Waals surface area contributed by atoms with E-state index in [1.807, 2.05) is 21.1 Å². The van der Waals surface area contributed by atoms with E-state index in [-0.39, 0.29) is 26.1 Å². The van der Waals surface area contributed by atoms with Crippen molar-refractivity contribution in [2.45, 2.75) is 142 Å². The molecule has 0 saturated heterocycles. The average molecular weight is 739 g/mol. The van der Waals surface area contributed by atoms with Gasteiger partial charge in [-0.15, -0.1) is 0 Å². The Hall–Kier alpha value is -2.29. The molecular formula is C41H73NO8P+. The molecule has 0 bridgehead atoms.